The van der Waals surface area contributed by atoms with Gasteiger partial charge in [-0.15, -0.1) is 0 Å². The van der Waals surface area contributed by atoms with Crippen molar-refractivity contribution in [2.45, 2.75) is 32.9 Å². The fourth-order valence-electron chi connectivity index (χ4n) is 1.81. The number of halogens is 1. The Bertz CT molecular complexity index is 661. The van der Waals surface area contributed by atoms with Crippen LogP contribution in [0.5, 0.6) is 0 Å². The second-order valence-corrected chi connectivity index (χ2v) is 6.13. The van der Waals surface area contributed by atoms with Crippen molar-refractivity contribution in [2.24, 2.45) is 0 Å². The van der Waals surface area contributed by atoms with Crippen LogP contribution in [-0.4, -0.2) is 20.2 Å². The number of hydrogen-bond donors (Lipinski definition) is 1. The standard InChI is InChI=1S/C14H17ClN4O2/c1-14(2,3)16-9-10-7-8-18(17-10)13-11(15)5-4-6-12(13)19(20)21/h4-8,16H,9H2,1-3H3. The number of nitro benzene ring substituents is 1. The van der Waals surface area contributed by atoms with E-state index in [0.717, 1.165) is 5.69 Å². The van der Waals surface area contributed by atoms with Gasteiger partial charge >= 0.3 is 0 Å². The van der Waals surface area contributed by atoms with Crippen molar-refractivity contribution in [3.63, 3.8) is 0 Å². The van der Waals surface area contributed by atoms with Gasteiger partial charge in [-0.1, -0.05) is 17.7 Å². The summed E-state index contributed by atoms with van der Waals surface area (Å²) in [6.07, 6.45) is 1.67. The smallest absolute Gasteiger partial charge is 0.296 e. The van der Waals surface area contributed by atoms with E-state index < -0.39 is 4.92 Å². The van der Waals surface area contributed by atoms with Gasteiger partial charge in [-0.25, -0.2) is 4.68 Å². The Morgan fingerprint density at radius 3 is 2.71 bits per heavy atom. The van der Waals surface area contributed by atoms with E-state index in [9.17, 15) is 10.1 Å². The third-order valence-electron chi connectivity index (χ3n) is 2.84. The molecule has 0 atom stereocenters. The van der Waals surface area contributed by atoms with E-state index in [0.29, 0.717) is 11.6 Å². The fourth-order valence-corrected chi connectivity index (χ4v) is 2.07. The van der Waals surface area contributed by atoms with Gasteiger partial charge in [0.15, 0.2) is 5.69 Å². The molecule has 2 aromatic rings. The van der Waals surface area contributed by atoms with Crippen molar-refractivity contribution in [3.05, 3.63) is 51.3 Å². The van der Waals surface area contributed by atoms with Gasteiger partial charge in [0.25, 0.3) is 5.69 Å². The number of nitrogens with one attached hydrogen (secondary N) is 1. The normalized spacial score (nSPS) is 11.6. The molecule has 0 radical (unpaired) electrons. The lowest BCUT2D eigenvalue weighted by molar-refractivity contribution is -0.384. The molecule has 0 aliphatic carbocycles. The first-order chi connectivity index (χ1) is 9.78. The Morgan fingerprint density at radius 2 is 2.10 bits per heavy atom. The summed E-state index contributed by atoms with van der Waals surface area (Å²) >= 11 is 6.09. The molecule has 0 saturated heterocycles. The number of rotatable bonds is 4. The van der Waals surface area contributed by atoms with Gasteiger partial charge in [0.2, 0.25) is 0 Å². The number of nitro groups is 1. The monoisotopic (exact) mass is 308 g/mol. The summed E-state index contributed by atoms with van der Waals surface area (Å²) in [5.74, 6) is 0. The van der Waals surface area contributed by atoms with Gasteiger partial charge in [-0.2, -0.15) is 5.10 Å². The third-order valence-corrected chi connectivity index (χ3v) is 3.14. The Balaban J connectivity index is 2.32. The molecule has 1 aromatic heterocycles. The average Bonchev–Trinajstić information content (AvgIpc) is 2.83. The van der Waals surface area contributed by atoms with E-state index in [2.05, 4.69) is 31.2 Å². The van der Waals surface area contributed by atoms with Gasteiger partial charge < -0.3 is 5.32 Å². The van der Waals surface area contributed by atoms with Crippen LogP contribution in [0.2, 0.25) is 5.02 Å². The van der Waals surface area contributed by atoms with Crippen molar-refractivity contribution in [1.29, 1.82) is 0 Å². The predicted octanol–water partition coefficient (Wildman–Crippen LogP) is 3.32. The van der Waals surface area contributed by atoms with E-state index in [1.807, 2.05) is 6.07 Å². The molecule has 0 aliphatic rings. The maximum Gasteiger partial charge on any atom is 0.296 e. The van der Waals surface area contributed by atoms with E-state index >= 15 is 0 Å². The molecule has 0 bridgehead atoms. The van der Waals surface area contributed by atoms with Crippen molar-refractivity contribution in [2.75, 3.05) is 0 Å². The van der Waals surface area contributed by atoms with E-state index in [4.69, 9.17) is 11.6 Å². The van der Waals surface area contributed by atoms with E-state index in [-0.39, 0.29) is 16.9 Å². The SMILES string of the molecule is CC(C)(C)NCc1ccn(-c2c(Cl)cccc2[N+](=O)[O-])n1. The molecule has 0 aliphatic heterocycles. The molecule has 0 unspecified atom stereocenters. The molecule has 112 valence electrons. The van der Waals surface area contributed by atoms with E-state index in [1.165, 1.54) is 10.7 Å². The van der Waals surface area contributed by atoms with Crippen molar-refractivity contribution >= 4 is 17.3 Å². The minimum Gasteiger partial charge on any atom is -0.306 e. The van der Waals surface area contributed by atoms with Crippen molar-refractivity contribution in [1.82, 2.24) is 15.1 Å². The lowest BCUT2D eigenvalue weighted by Crippen LogP contribution is -2.35. The molecule has 0 saturated carbocycles. The lowest BCUT2D eigenvalue weighted by Gasteiger charge is -2.19. The zero-order chi connectivity index (χ0) is 15.6. The molecular weight excluding hydrogens is 292 g/mol. The Morgan fingerprint density at radius 1 is 1.38 bits per heavy atom. The summed E-state index contributed by atoms with van der Waals surface area (Å²) in [4.78, 5) is 10.6. The molecule has 7 heteroatoms. The number of benzene rings is 1. The third kappa shape index (κ3) is 3.80. The largest absolute Gasteiger partial charge is 0.306 e. The van der Waals surface area contributed by atoms with Crippen LogP contribution in [0.1, 0.15) is 26.5 Å². The van der Waals surface area contributed by atoms with Crippen LogP contribution < -0.4 is 5.32 Å². The molecule has 0 amide bonds. The molecular formula is C14H17ClN4O2. The molecule has 21 heavy (non-hydrogen) atoms. The summed E-state index contributed by atoms with van der Waals surface area (Å²) in [5.41, 5.74) is 0.978. The maximum atomic E-state index is 11.1. The second-order valence-electron chi connectivity index (χ2n) is 5.72. The average molecular weight is 309 g/mol. The van der Waals surface area contributed by atoms with Crippen LogP contribution in [0.3, 0.4) is 0 Å². The molecule has 0 spiro atoms. The van der Waals surface area contributed by atoms with Crippen LogP contribution in [0.25, 0.3) is 5.69 Å². The van der Waals surface area contributed by atoms with Gasteiger partial charge in [0.05, 0.1) is 15.6 Å². The van der Waals surface area contributed by atoms with Crippen LogP contribution in [0, 0.1) is 10.1 Å². The summed E-state index contributed by atoms with van der Waals surface area (Å²) < 4.78 is 1.44. The van der Waals surface area contributed by atoms with Crippen molar-refractivity contribution in [3.8, 4) is 5.69 Å². The number of para-hydroxylation sites is 1. The Hall–Kier alpha value is -1.92. The predicted molar refractivity (Wildman–Crippen MR) is 81.8 cm³/mol. The van der Waals surface area contributed by atoms with Crippen LogP contribution in [0.4, 0.5) is 5.69 Å². The highest BCUT2D eigenvalue weighted by Crippen LogP contribution is 2.29. The summed E-state index contributed by atoms with van der Waals surface area (Å²) in [6, 6.07) is 6.38. The zero-order valence-electron chi connectivity index (χ0n) is 12.1. The molecule has 1 N–H and O–H groups in total. The van der Waals surface area contributed by atoms with Gasteiger partial charge in [0.1, 0.15) is 0 Å². The number of aromatic nitrogens is 2. The lowest BCUT2D eigenvalue weighted by atomic mass is 10.1. The molecule has 2 rings (SSSR count). The maximum absolute atomic E-state index is 11.1. The molecule has 1 aromatic carbocycles. The first kappa shape index (κ1) is 15.5. The Labute approximate surface area is 127 Å². The number of hydrogen-bond acceptors (Lipinski definition) is 4. The fraction of sp³-hybridized carbons (Fsp3) is 0.357. The molecule has 6 nitrogen and oxygen atoms in total. The van der Waals surface area contributed by atoms with Crippen LogP contribution in [-0.2, 0) is 6.54 Å². The van der Waals surface area contributed by atoms with Crippen LogP contribution >= 0.6 is 11.6 Å². The minimum absolute atomic E-state index is 0.0276. The van der Waals surface area contributed by atoms with Gasteiger partial charge in [-0.05, 0) is 32.9 Å². The van der Waals surface area contributed by atoms with Gasteiger partial charge in [-0.3, -0.25) is 10.1 Å². The van der Waals surface area contributed by atoms with Crippen molar-refractivity contribution < 1.29 is 4.92 Å². The quantitative estimate of drug-likeness (QED) is 0.694. The summed E-state index contributed by atoms with van der Waals surface area (Å²) in [5, 5.41) is 19.1. The van der Waals surface area contributed by atoms with E-state index in [1.54, 1.807) is 18.3 Å². The first-order valence-corrected chi connectivity index (χ1v) is 6.88. The summed E-state index contributed by atoms with van der Waals surface area (Å²) in [7, 11) is 0. The topological polar surface area (TPSA) is 73.0 Å². The molecule has 0 fully saturated rings. The highest BCUT2D eigenvalue weighted by molar-refractivity contribution is 6.32. The minimum atomic E-state index is -0.462. The number of nitrogens with zero attached hydrogens (tertiary/aromatic N) is 3. The second kappa shape index (κ2) is 5.83. The van der Waals surface area contributed by atoms with Gasteiger partial charge in [0, 0.05) is 24.3 Å². The Kier molecular flexibility index (Phi) is 4.29. The highest BCUT2D eigenvalue weighted by atomic mass is 35.5. The molecule has 1 heterocycles. The van der Waals surface area contributed by atoms with Crippen LogP contribution in [0.15, 0.2) is 30.5 Å². The highest BCUT2D eigenvalue weighted by Gasteiger charge is 2.19. The zero-order valence-corrected chi connectivity index (χ0v) is 12.9. The summed E-state index contributed by atoms with van der Waals surface area (Å²) in [6.45, 7) is 6.75. The first-order valence-electron chi connectivity index (χ1n) is 6.51.